The monoisotopic (exact) mass is 344 g/mol. The maximum atomic E-state index is 12.0. The Morgan fingerprint density at radius 2 is 2.10 bits per heavy atom. The van der Waals surface area contributed by atoms with Crippen molar-refractivity contribution in [2.45, 2.75) is 13.3 Å². The van der Waals surface area contributed by atoms with Gasteiger partial charge in [0, 0.05) is 24.2 Å². The summed E-state index contributed by atoms with van der Waals surface area (Å²) in [7, 11) is 0. The van der Waals surface area contributed by atoms with Crippen LogP contribution in [-0.2, 0) is 0 Å². The lowest BCUT2D eigenvalue weighted by Gasteiger charge is -2.21. The molecule has 0 aromatic heterocycles. The van der Waals surface area contributed by atoms with Gasteiger partial charge in [0.2, 0.25) is 0 Å². The molecule has 0 radical (unpaired) electrons. The van der Waals surface area contributed by atoms with Crippen LogP contribution in [0.4, 0.5) is 10.5 Å². The van der Waals surface area contributed by atoms with Crippen LogP contribution in [0.15, 0.2) is 22.7 Å². The first-order valence-electron chi connectivity index (χ1n) is 6.19. The van der Waals surface area contributed by atoms with Crippen molar-refractivity contribution < 1.29 is 19.8 Å². The number of rotatable bonds is 6. The molecule has 0 spiro atoms. The molecule has 7 heteroatoms. The number of carboxylic acids is 1. The Balaban J connectivity index is 2.76. The van der Waals surface area contributed by atoms with Gasteiger partial charge in [-0.3, -0.25) is 0 Å². The van der Waals surface area contributed by atoms with Crippen LogP contribution < -0.4 is 5.32 Å². The maximum absolute atomic E-state index is 12.0. The predicted octanol–water partition coefficient (Wildman–Crippen LogP) is 2.38. The summed E-state index contributed by atoms with van der Waals surface area (Å²) < 4.78 is 0.504. The molecule has 0 fully saturated rings. The number of nitrogens with zero attached hydrogens (tertiary/aromatic N) is 1. The SMILES string of the molecule is CCN(CCCO)C(=O)Nc1ccc(C(=O)O)cc1Br. The summed E-state index contributed by atoms with van der Waals surface area (Å²) in [4.78, 5) is 24.4. The molecule has 3 N–H and O–H groups in total. The minimum absolute atomic E-state index is 0.0286. The van der Waals surface area contributed by atoms with Gasteiger partial charge in [0.25, 0.3) is 0 Å². The second kappa shape index (κ2) is 7.86. The smallest absolute Gasteiger partial charge is 0.335 e. The Morgan fingerprint density at radius 1 is 1.40 bits per heavy atom. The lowest BCUT2D eigenvalue weighted by atomic mass is 10.2. The summed E-state index contributed by atoms with van der Waals surface area (Å²) >= 11 is 3.23. The zero-order valence-corrected chi connectivity index (χ0v) is 12.7. The third-order valence-corrected chi connectivity index (χ3v) is 3.37. The summed E-state index contributed by atoms with van der Waals surface area (Å²) in [5, 5.41) is 20.4. The predicted molar refractivity (Wildman–Crippen MR) is 79.1 cm³/mol. The van der Waals surface area contributed by atoms with Crippen molar-refractivity contribution >= 4 is 33.6 Å². The number of benzene rings is 1. The van der Waals surface area contributed by atoms with Gasteiger partial charge < -0.3 is 20.4 Å². The maximum Gasteiger partial charge on any atom is 0.335 e. The highest BCUT2D eigenvalue weighted by Crippen LogP contribution is 2.24. The van der Waals surface area contributed by atoms with Crippen molar-refractivity contribution in [3.05, 3.63) is 28.2 Å². The van der Waals surface area contributed by atoms with Crippen LogP contribution in [0.5, 0.6) is 0 Å². The molecule has 2 amide bonds. The molecule has 1 aromatic rings. The van der Waals surface area contributed by atoms with Crippen molar-refractivity contribution in [2.24, 2.45) is 0 Å². The van der Waals surface area contributed by atoms with Crippen LogP contribution in [0.25, 0.3) is 0 Å². The van der Waals surface area contributed by atoms with Crippen molar-refractivity contribution in [1.82, 2.24) is 4.90 Å². The summed E-state index contributed by atoms with van der Waals surface area (Å²) in [6, 6.07) is 4.10. The number of amides is 2. The molecule has 1 rings (SSSR count). The van der Waals surface area contributed by atoms with Crippen LogP contribution in [0.3, 0.4) is 0 Å². The number of halogens is 1. The first kappa shape index (κ1) is 16.5. The van der Waals surface area contributed by atoms with Gasteiger partial charge >= 0.3 is 12.0 Å². The summed E-state index contributed by atoms with van der Waals surface area (Å²) in [5.74, 6) is -1.03. The third-order valence-electron chi connectivity index (χ3n) is 2.71. The first-order valence-corrected chi connectivity index (χ1v) is 6.98. The van der Waals surface area contributed by atoms with Gasteiger partial charge in [0.05, 0.1) is 11.3 Å². The number of carbonyl (C=O) groups excluding carboxylic acids is 1. The Bertz CT molecular complexity index is 493. The van der Waals surface area contributed by atoms with Gasteiger partial charge in [0.1, 0.15) is 0 Å². The number of aliphatic hydroxyl groups is 1. The Hall–Kier alpha value is -1.60. The van der Waals surface area contributed by atoms with Crippen LogP contribution in [0, 0.1) is 0 Å². The molecule has 1 aromatic carbocycles. The molecular formula is C13H17BrN2O4. The van der Waals surface area contributed by atoms with E-state index in [0.29, 0.717) is 29.7 Å². The lowest BCUT2D eigenvalue weighted by Crippen LogP contribution is -2.36. The number of hydrogen-bond donors (Lipinski definition) is 3. The van der Waals surface area contributed by atoms with Crippen LogP contribution in [0.1, 0.15) is 23.7 Å². The van der Waals surface area contributed by atoms with E-state index in [9.17, 15) is 9.59 Å². The molecule has 0 atom stereocenters. The average Bonchev–Trinajstić information content (AvgIpc) is 2.41. The van der Waals surface area contributed by atoms with Crippen molar-refractivity contribution in [2.75, 3.05) is 25.0 Å². The number of carbonyl (C=O) groups is 2. The molecule has 0 aliphatic heterocycles. The standard InChI is InChI=1S/C13H17BrN2O4/c1-2-16(6-3-7-17)13(20)15-11-5-4-9(12(18)19)8-10(11)14/h4-5,8,17H,2-3,6-7H2,1H3,(H,15,20)(H,18,19). The number of nitrogens with one attached hydrogen (secondary N) is 1. The van der Waals surface area contributed by atoms with E-state index in [0.717, 1.165) is 0 Å². The van der Waals surface area contributed by atoms with Gasteiger partial charge in [-0.15, -0.1) is 0 Å². The number of anilines is 1. The second-order valence-corrected chi connectivity index (χ2v) is 4.94. The highest BCUT2D eigenvalue weighted by Gasteiger charge is 2.13. The van der Waals surface area contributed by atoms with Crippen LogP contribution >= 0.6 is 15.9 Å². The van der Waals surface area contributed by atoms with E-state index >= 15 is 0 Å². The van der Waals surface area contributed by atoms with E-state index in [1.807, 2.05) is 6.92 Å². The lowest BCUT2D eigenvalue weighted by molar-refractivity contribution is 0.0697. The number of carboxylic acid groups (broad SMARTS) is 1. The van der Waals surface area contributed by atoms with Crippen LogP contribution in [-0.4, -0.2) is 46.8 Å². The van der Waals surface area contributed by atoms with E-state index in [1.54, 1.807) is 4.90 Å². The van der Waals surface area contributed by atoms with E-state index in [2.05, 4.69) is 21.2 Å². The van der Waals surface area contributed by atoms with E-state index in [4.69, 9.17) is 10.2 Å². The second-order valence-electron chi connectivity index (χ2n) is 4.09. The number of hydrogen-bond acceptors (Lipinski definition) is 3. The zero-order chi connectivity index (χ0) is 15.1. The van der Waals surface area contributed by atoms with Gasteiger partial charge in [-0.25, -0.2) is 9.59 Å². The summed E-state index contributed by atoms with van der Waals surface area (Å²) in [6.45, 7) is 2.86. The highest BCUT2D eigenvalue weighted by atomic mass is 79.9. The van der Waals surface area contributed by atoms with Crippen molar-refractivity contribution in [3.8, 4) is 0 Å². The fourth-order valence-electron chi connectivity index (χ4n) is 1.61. The zero-order valence-electron chi connectivity index (χ0n) is 11.1. The number of urea groups is 1. The Morgan fingerprint density at radius 3 is 2.60 bits per heavy atom. The molecular weight excluding hydrogens is 328 g/mol. The average molecular weight is 345 g/mol. The Labute approximate surface area is 125 Å². The molecule has 0 aliphatic carbocycles. The van der Waals surface area contributed by atoms with E-state index in [-0.39, 0.29) is 18.2 Å². The Kier molecular flexibility index (Phi) is 6.47. The normalized spacial score (nSPS) is 10.2. The molecule has 110 valence electrons. The molecule has 0 saturated heterocycles. The fraction of sp³-hybridized carbons (Fsp3) is 0.385. The van der Waals surface area contributed by atoms with Crippen LogP contribution in [0.2, 0.25) is 0 Å². The fourth-order valence-corrected chi connectivity index (χ4v) is 2.09. The topological polar surface area (TPSA) is 89.9 Å². The molecule has 20 heavy (non-hydrogen) atoms. The summed E-state index contributed by atoms with van der Waals surface area (Å²) in [6.07, 6.45) is 0.514. The molecule has 0 heterocycles. The minimum atomic E-state index is -1.03. The third kappa shape index (κ3) is 4.50. The molecule has 0 unspecified atom stereocenters. The molecule has 0 bridgehead atoms. The van der Waals surface area contributed by atoms with Crippen molar-refractivity contribution in [1.29, 1.82) is 0 Å². The van der Waals surface area contributed by atoms with Gasteiger partial charge in [-0.1, -0.05) is 0 Å². The minimum Gasteiger partial charge on any atom is -0.478 e. The van der Waals surface area contributed by atoms with Gasteiger partial charge in [-0.2, -0.15) is 0 Å². The number of aliphatic hydroxyl groups excluding tert-OH is 1. The molecule has 0 saturated carbocycles. The number of aromatic carboxylic acids is 1. The van der Waals surface area contributed by atoms with E-state index in [1.165, 1.54) is 18.2 Å². The first-order chi connectivity index (χ1) is 9.49. The van der Waals surface area contributed by atoms with Crippen molar-refractivity contribution in [3.63, 3.8) is 0 Å². The van der Waals surface area contributed by atoms with E-state index < -0.39 is 5.97 Å². The van der Waals surface area contributed by atoms with Gasteiger partial charge in [-0.05, 0) is 47.5 Å². The van der Waals surface area contributed by atoms with Gasteiger partial charge in [0.15, 0.2) is 0 Å². The molecule has 0 aliphatic rings. The highest BCUT2D eigenvalue weighted by molar-refractivity contribution is 9.10. The molecule has 6 nitrogen and oxygen atoms in total. The largest absolute Gasteiger partial charge is 0.478 e. The summed E-state index contributed by atoms with van der Waals surface area (Å²) in [5.41, 5.74) is 0.643. The quantitative estimate of drug-likeness (QED) is 0.738.